The minimum absolute atomic E-state index is 0.269. The van der Waals surface area contributed by atoms with Crippen LogP contribution in [-0.4, -0.2) is 57.4 Å². The van der Waals surface area contributed by atoms with E-state index in [1.807, 2.05) is 11.9 Å². The Kier molecular flexibility index (Phi) is 9.12. The van der Waals surface area contributed by atoms with Gasteiger partial charge in [0, 0.05) is 33.9 Å². The third kappa shape index (κ3) is 7.84. The highest BCUT2D eigenvalue weighted by atomic mass is 19.1. The van der Waals surface area contributed by atoms with Crippen LogP contribution in [0.25, 0.3) is 0 Å². The van der Waals surface area contributed by atoms with E-state index in [9.17, 15) is 4.39 Å². The van der Waals surface area contributed by atoms with Crippen molar-refractivity contribution in [1.29, 1.82) is 0 Å². The fraction of sp³-hybridized carbons (Fsp3) is 0.458. The topological polar surface area (TPSA) is 55.3 Å². The van der Waals surface area contributed by atoms with Crippen LogP contribution in [0.1, 0.15) is 24.0 Å². The van der Waals surface area contributed by atoms with E-state index < -0.39 is 0 Å². The Morgan fingerprint density at radius 1 is 1.10 bits per heavy atom. The van der Waals surface area contributed by atoms with Crippen LogP contribution in [-0.2, 0) is 22.6 Å². The van der Waals surface area contributed by atoms with E-state index in [4.69, 9.17) is 14.2 Å². The van der Waals surface area contributed by atoms with Gasteiger partial charge in [0.1, 0.15) is 18.2 Å². The molecule has 1 aliphatic rings. The molecule has 2 aromatic rings. The number of hydrogen-bond acceptors (Lipinski definition) is 4. The number of hydrogen-bond donors (Lipinski definition) is 1. The third-order valence-electron chi connectivity index (χ3n) is 5.21. The first-order valence-electron chi connectivity index (χ1n) is 10.7. The summed E-state index contributed by atoms with van der Waals surface area (Å²) in [5.74, 6) is 1.17. The highest BCUT2D eigenvalue weighted by Gasteiger charge is 2.14. The predicted molar refractivity (Wildman–Crippen MR) is 120 cm³/mol. The Hall–Kier alpha value is -2.64. The molecule has 1 N–H and O–H groups in total. The summed E-state index contributed by atoms with van der Waals surface area (Å²) < 4.78 is 30.0. The molecule has 3 rings (SSSR count). The SMILES string of the molecule is CN=C(NCc1ccc(COC2CCOCC2)cc1)N(C)CCOc1ccc(F)cc1. The Balaban J connectivity index is 1.38. The van der Waals surface area contributed by atoms with Crippen molar-refractivity contribution in [2.75, 3.05) is 40.5 Å². The number of nitrogens with zero attached hydrogens (tertiary/aromatic N) is 2. The molecule has 6 nitrogen and oxygen atoms in total. The minimum Gasteiger partial charge on any atom is -0.492 e. The number of halogens is 1. The Morgan fingerprint density at radius 3 is 2.45 bits per heavy atom. The number of nitrogens with one attached hydrogen (secondary N) is 1. The van der Waals surface area contributed by atoms with Crippen molar-refractivity contribution in [3.05, 3.63) is 65.5 Å². The highest BCUT2D eigenvalue weighted by Crippen LogP contribution is 2.14. The molecule has 0 bridgehead atoms. The summed E-state index contributed by atoms with van der Waals surface area (Å²) in [6.45, 7) is 4.03. The average Bonchev–Trinajstić information content (AvgIpc) is 2.81. The molecule has 1 heterocycles. The maximum Gasteiger partial charge on any atom is 0.193 e. The molecule has 0 spiro atoms. The molecule has 168 valence electrons. The van der Waals surface area contributed by atoms with Gasteiger partial charge >= 0.3 is 0 Å². The van der Waals surface area contributed by atoms with Crippen LogP contribution in [0.5, 0.6) is 5.75 Å². The van der Waals surface area contributed by atoms with E-state index >= 15 is 0 Å². The second-order valence-corrected chi connectivity index (χ2v) is 7.56. The molecule has 1 saturated heterocycles. The first-order valence-corrected chi connectivity index (χ1v) is 10.7. The summed E-state index contributed by atoms with van der Waals surface area (Å²) in [5, 5.41) is 3.37. The molecular weight excluding hydrogens is 397 g/mol. The molecule has 0 aromatic heterocycles. The lowest BCUT2D eigenvalue weighted by molar-refractivity contribution is -0.0390. The van der Waals surface area contributed by atoms with Gasteiger partial charge in [0.15, 0.2) is 5.96 Å². The van der Waals surface area contributed by atoms with Gasteiger partial charge in [0.05, 0.1) is 19.3 Å². The zero-order valence-corrected chi connectivity index (χ0v) is 18.4. The minimum atomic E-state index is -0.269. The maximum atomic E-state index is 13.0. The molecule has 31 heavy (non-hydrogen) atoms. The van der Waals surface area contributed by atoms with Crippen LogP contribution in [0.3, 0.4) is 0 Å². The van der Waals surface area contributed by atoms with E-state index in [-0.39, 0.29) is 5.82 Å². The standard InChI is InChI=1S/C24H32FN3O3/c1-26-24(28(2)13-16-30-22-9-7-21(25)8-10-22)27-17-19-3-5-20(6-4-19)18-31-23-11-14-29-15-12-23/h3-10,23H,11-18H2,1-2H3,(H,26,27). The molecule has 0 unspecified atom stereocenters. The van der Waals surface area contributed by atoms with E-state index in [2.05, 4.69) is 34.6 Å². The molecule has 0 amide bonds. The van der Waals surface area contributed by atoms with Gasteiger partial charge in [-0.2, -0.15) is 0 Å². The van der Waals surface area contributed by atoms with Crippen molar-refractivity contribution in [1.82, 2.24) is 10.2 Å². The van der Waals surface area contributed by atoms with Crippen molar-refractivity contribution >= 4 is 5.96 Å². The summed E-state index contributed by atoms with van der Waals surface area (Å²) in [7, 11) is 3.72. The smallest absolute Gasteiger partial charge is 0.193 e. The summed E-state index contributed by atoms with van der Waals surface area (Å²) in [6.07, 6.45) is 2.26. The van der Waals surface area contributed by atoms with Gasteiger partial charge in [0.25, 0.3) is 0 Å². The van der Waals surface area contributed by atoms with Crippen molar-refractivity contribution in [2.24, 2.45) is 4.99 Å². The molecule has 0 aliphatic carbocycles. The molecule has 1 fully saturated rings. The lowest BCUT2D eigenvalue weighted by atomic mass is 10.1. The van der Waals surface area contributed by atoms with Crippen LogP contribution in [0.4, 0.5) is 4.39 Å². The second kappa shape index (κ2) is 12.3. The zero-order valence-electron chi connectivity index (χ0n) is 18.4. The van der Waals surface area contributed by atoms with Gasteiger partial charge in [-0.25, -0.2) is 4.39 Å². The molecule has 0 saturated carbocycles. The molecule has 0 atom stereocenters. The van der Waals surface area contributed by atoms with Gasteiger partial charge < -0.3 is 24.4 Å². The number of benzene rings is 2. The van der Waals surface area contributed by atoms with Gasteiger partial charge in [-0.05, 0) is 48.2 Å². The Bertz CT molecular complexity index is 806. The normalized spacial score (nSPS) is 15.0. The van der Waals surface area contributed by atoms with Crippen LogP contribution < -0.4 is 10.1 Å². The maximum absolute atomic E-state index is 13.0. The van der Waals surface area contributed by atoms with Crippen molar-refractivity contribution < 1.29 is 18.6 Å². The highest BCUT2D eigenvalue weighted by molar-refractivity contribution is 5.79. The first-order chi connectivity index (χ1) is 15.1. The Labute approximate surface area is 184 Å². The quantitative estimate of drug-likeness (QED) is 0.488. The number of ether oxygens (including phenoxy) is 3. The number of aliphatic imine (C=N–C) groups is 1. The van der Waals surface area contributed by atoms with Gasteiger partial charge in [0.2, 0.25) is 0 Å². The third-order valence-corrected chi connectivity index (χ3v) is 5.21. The van der Waals surface area contributed by atoms with E-state index in [0.29, 0.717) is 38.2 Å². The lowest BCUT2D eigenvalue weighted by Crippen LogP contribution is -2.40. The molecule has 7 heteroatoms. The first kappa shape index (κ1) is 23.0. The van der Waals surface area contributed by atoms with Gasteiger partial charge in [-0.1, -0.05) is 24.3 Å². The summed E-state index contributed by atoms with van der Waals surface area (Å²) in [5.41, 5.74) is 2.35. The fourth-order valence-electron chi connectivity index (χ4n) is 3.31. The molecular formula is C24H32FN3O3. The van der Waals surface area contributed by atoms with Gasteiger partial charge in [-0.15, -0.1) is 0 Å². The van der Waals surface area contributed by atoms with E-state index in [1.54, 1.807) is 19.2 Å². The van der Waals surface area contributed by atoms with Crippen LogP contribution in [0.15, 0.2) is 53.5 Å². The van der Waals surface area contributed by atoms with Gasteiger partial charge in [-0.3, -0.25) is 4.99 Å². The average molecular weight is 430 g/mol. The monoisotopic (exact) mass is 429 g/mol. The van der Waals surface area contributed by atoms with Crippen molar-refractivity contribution in [3.8, 4) is 5.75 Å². The number of guanidine groups is 1. The summed E-state index contributed by atoms with van der Waals surface area (Å²) in [4.78, 5) is 6.33. The fourth-order valence-corrected chi connectivity index (χ4v) is 3.31. The van der Waals surface area contributed by atoms with Crippen molar-refractivity contribution in [3.63, 3.8) is 0 Å². The largest absolute Gasteiger partial charge is 0.492 e. The van der Waals surface area contributed by atoms with E-state index in [1.165, 1.54) is 23.3 Å². The van der Waals surface area contributed by atoms with Crippen LogP contribution in [0.2, 0.25) is 0 Å². The predicted octanol–water partition coefficient (Wildman–Crippen LogP) is 3.61. The molecule has 0 radical (unpaired) electrons. The summed E-state index contributed by atoms with van der Waals surface area (Å²) >= 11 is 0. The van der Waals surface area contributed by atoms with Crippen LogP contribution in [0, 0.1) is 5.82 Å². The number of likely N-dealkylation sites (N-methyl/N-ethyl adjacent to an activating group) is 1. The lowest BCUT2D eigenvalue weighted by Gasteiger charge is -2.23. The van der Waals surface area contributed by atoms with Crippen molar-refractivity contribution in [2.45, 2.75) is 32.1 Å². The molecule has 1 aliphatic heterocycles. The Morgan fingerprint density at radius 2 is 1.77 bits per heavy atom. The number of rotatable bonds is 9. The molecule has 2 aromatic carbocycles. The van der Waals surface area contributed by atoms with E-state index in [0.717, 1.165) is 32.0 Å². The second-order valence-electron chi connectivity index (χ2n) is 7.56. The zero-order chi connectivity index (χ0) is 21.9. The summed E-state index contributed by atoms with van der Waals surface area (Å²) in [6, 6.07) is 14.5. The van der Waals surface area contributed by atoms with Crippen LogP contribution >= 0.6 is 0 Å².